The largest absolute Gasteiger partial charge is 0.417 e. The molecule has 0 aliphatic heterocycles. The monoisotopic (exact) mass is 396 g/mol. The van der Waals surface area contributed by atoms with Crippen molar-refractivity contribution in [3.8, 4) is 5.69 Å². The molecule has 1 aromatic carbocycles. The molecule has 0 fully saturated rings. The highest BCUT2D eigenvalue weighted by atomic mass is 32.2. The number of tetrazole rings is 1. The Hall–Kier alpha value is -1.58. The van der Waals surface area contributed by atoms with Crippen LogP contribution >= 0.6 is 0 Å². The Kier molecular flexibility index (Phi) is 6.04. The summed E-state index contributed by atoms with van der Waals surface area (Å²) < 4.78 is 33.2. The van der Waals surface area contributed by atoms with E-state index < -0.39 is 23.4 Å². The lowest BCUT2D eigenvalue weighted by molar-refractivity contribution is 0.281. The van der Waals surface area contributed by atoms with Crippen molar-refractivity contribution in [1.82, 2.24) is 20.2 Å². The van der Waals surface area contributed by atoms with E-state index in [0.29, 0.717) is 18.7 Å². The minimum absolute atomic E-state index is 0.0898. The molecular weight excluding hydrogens is 368 g/mol. The van der Waals surface area contributed by atoms with Crippen LogP contribution in [0.4, 0.5) is 0 Å². The zero-order valence-electron chi connectivity index (χ0n) is 16.3. The molecule has 0 N–H and O–H groups in total. The van der Waals surface area contributed by atoms with Crippen molar-refractivity contribution in [1.29, 1.82) is 0 Å². The van der Waals surface area contributed by atoms with Crippen LogP contribution in [0.25, 0.3) is 5.69 Å². The molecule has 2 rings (SSSR count). The highest BCUT2D eigenvalue weighted by Gasteiger charge is 2.37. The van der Waals surface area contributed by atoms with Crippen molar-refractivity contribution in [2.75, 3.05) is 6.61 Å². The number of para-hydroxylation sites is 1. The summed E-state index contributed by atoms with van der Waals surface area (Å²) in [6.45, 7) is 12.9. The Morgan fingerprint density at radius 2 is 1.81 bits per heavy atom. The van der Waals surface area contributed by atoms with Gasteiger partial charge in [-0.1, -0.05) is 44.1 Å². The molecule has 0 aliphatic rings. The summed E-state index contributed by atoms with van der Waals surface area (Å²) in [5.74, 6) is 0. The number of sulfone groups is 1. The van der Waals surface area contributed by atoms with Crippen molar-refractivity contribution in [3.63, 3.8) is 0 Å². The van der Waals surface area contributed by atoms with E-state index in [1.165, 1.54) is 4.68 Å². The first-order chi connectivity index (χ1) is 12.0. The van der Waals surface area contributed by atoms with E-state index >= 15 is 0 Å². The molecule has 0 saturated heterocycles. The summed E-state index contributed by atoms with van der Waals surface area (Å²) in [5, 5.41) is 10.5. The van der Waals surface area contributed by atoms with Crippen LogP contribution in [0.1, 0.15) is 34.1 Å². The lowest BCUT2D eigenvalue weighted by atomic mass is 10.2. The maximum atomic E-state index is 12.9. The molecule has 0 bridgehead atoms. The summed E-state index contributed by atoms with van der Waals surface area (Å²) in [4.78, 5) is 0. The van der Waals surface area contributed by atoms with Crippen molar-refractivity contribution >= 4 is 18.2 Å². The SMILES string of the molecule is CC(CCO[Si](C)(C)C(C)(C)C)S(=O)(=O)c1nnnn1-c1ccccc1. The van der Waals surface area contributed by atoms with Gasteiger partial charge in [0.15, 0.2) is 8.32 Å². The third kappa shape index (κ3) is 4.39. The summed E-state index contributed by atoms with van der Waals surface area (Å²) in [6, 6.07) is 9.00. The van der Waals surface area contributed by atoms with Crippen LogP contribution in [0.3, 0.4) is 0 Å². The van der Waals surface area contributed by atoms with Crippen molar-refractivity contribution < 1.29 is 12.8 Å². The number of rotatable bonds is 7. The smallest absolute Gasteiger partial charge is 0.272 e. The Balaban J connectivity index is 2.13. The molecule has 1 aromatic heterocycles. The van der Waals surface area contributed by atoms with E-state index in [1.54, 1.807) is 19.1 Å². The molecular formula is C17H28N4O3SSi. The maximum absolute atomic E-state index is 12.9. The zero-order valence-corrected chi connectivity index (χ0v) is 18.1. The second-order valence-electron chi connectivity index (χ2n) is 7.96. The third-order valence-corrected chi connectivity index (χ3v) is 11.6. The van der Waals surface area contributed by atoms with E-state index in [4.69, 9.17) is 4.43 Å². The van der Waals surface area contributed by atoms with Crippen LogP contribution in [0.15, 0.2) is 35.5 Å². The van der Waals surface area contributed by atoms with Gasteiger partial charge in [0, 0.05) is 6.61 Å². The summed E-state index contributed by atoms with van der Waals surface area (Å²) in [6.07, 6.45) is 0.399. The molecule has 1 unspecified atom stereocenters. The van der Waals surface area contributed by atoms with Gasteiger partial charge in [-0.25, -0.2) is 8.42 Å². The molecule has 0 saturated carbocycles. The Morgan fingerprint density at radius 3 is 2.38 bits per heavy atom. The van der Waals surface area contributed by atoms with Crippen molar-refractivity contribution in [3.05, 3.63) is 30.3 Å². The van der Waals surface area contributed by atoms with Crippen LogP contribution in [0.5, 0.6) is 0 Å². The minimum Gasteiger partial charge on any atom is -0.417 e. The Labute approximate surface area is 156 Å². The molecule has 144 valence electrons. The van der Waals surface area contributed by atoms with Gasteiger partial charge in [0.2, 0.25) is 9.84 Å². The van der Waals surface area contributed by atoms with Crippen LogP contribution in [-0.2, 0) is 14.3 Å². The van der Waals surface area contributed by atoms with Crippen LogP contribution in [0, 0.1) is 0 Å². The second-order valence-corrected chi connectivity index (χ2v) is 15.0. The number of hydrogen-bond acceptors (Lipinski definition) is 6. The number of aromatic nitrogens is 4. The molecule has 0 spiro atoms. The quantitative estimate of drug-likeness (QED) is 0.668. The van der Waals surface area contributed by atoms with E-state index in [9.17, 15) is 8.42 Å². The highest BCUT2D eigenvalue weighted by Crippen LogP contribution is 2.36. The second kappa shape index (κ2) is 7.57. The van der Waals surface area contributed by atoms with Gasteiger partial charge >= 0.3 is 0 Å². The molecule has 0 aliphatic carbocycles. The molecule has 0 radical (unpaired) electrons. The predicted octanol–water partition coefficient (Wildman–Crippen LogP) is 3.24. The molecule has 0 amide bonds. The van der Waals surface area contributed by atoms with Gasteiger partial charge in [0.1, 0.15) is 0 Å². The first kappa shape index (κ1) is 20.7. The normalized spacial score (nSPS) is 14.4. The van der Waals surface area contributed by atoms with E-state index in [1.807, 2.05) is 18.2 Å². The molecule has 2 aromatic rings. The fraction of sp³-hybridized carbons (Fsp3) is 0.588. The standard InChI is InChI=1S/C17H28N4O3SSi/c1-14(12-13-24-26(5,6)17(2,3)4)25(22,23)16-18-19-20-21(16)15-10-8-7-9-11-15/h7-11,14H,12-13H2,1-6H3. The van der Waals surface area contributed by atoms with Gasteiger partial charge < -0.3 is 4.43 Å². The molecule has 9 heteroatoms. The van der Waals surface area contributed by atoms with Crippen LogP contribution < -0.4 is 0 Å². The molecule has 26 heavy (non-hydrogen) atoms. The first-order valence-electron chi connectivity index (χ1n) is 8.68. The average Bonchev–Trinajstić information content (AvgIpc) is 3.04. The number of nitrogens with zero attached hydrogens (tertiary/aromatic N) is 4. The summed E-state index contributed by atoms with van der Waals surface area (Å²) >= 11 is 0. The van der Waals surface area contributed by atoms with Gasteiger partial charge in [0.05, 0.1) is 10.9 Å². The minimum atomic E-state index is -3.67. The Bertz CT molecular complexity index is 829. The van der Waals surface area contributed by atoms with Gasteiger partial charge in [-0.3, -0.25) is 0 Å². The topological polar surface area (TPSA) is 87.0 Å². The highest BCUT2D eigenvalue weighted by molar-refractivity contribution is 7.91. The fourth-order valence-electron chi connectivity index (χ4n) is 2.12. The molecule has 7 nitrogen and oxygen atoms in total. The van der Waals surface area contributed by atoms with Gasteiger partial charge in [0.25, 0.3) is 5.16 Å². The summed E-state index contributed by atoms with van der Waals surface area (Å²) in [7, 11) is -5.57. The number of benzene rings is 1. The van der Waals surface area contributed by atoms with Crippen molar-refractivity contribution in [2.45, 2.75) is 62.7 Å². The first-order valence-corrected chi connectivity index (χ1v) is 13.1. The van der Waals surface area contributed by atoms with E-state index in [0.717, 1.165) is 0 Å². The lowest BCUT2D eigenvalue weighted by Gasteiger charge is -2.36. The zero-order chi connectivity index (χ0) is 19.6. The number of hydrogen-bond donors (Lipinski definition) is 0. The average molecular weight is 397 g/mol. The van der Waals surface area contributed by atoms with Crippen LogP contribution in [-0.4, -0.2) is 48.8 Å². The Morgan fingerprint density at radius 1 is 1.19 bits per heavy atom. The lowest BCUT2D eigenvalue weighted by Crippen LogP contribution is -2.41. The van der Waals surface area contributed by atoms with E-state index in [-0.39, 0.29) is 10.2 Å². The van der Waals surface area contributed by atoms with Crippen molar-refractivity contribution in [2.24, 2.45) is 0 Å². The fourth-order valence-corrected chi connectivity index (χ4v) is 4.48. The van der Waals surface area contributed by atoms with Gasteiger partial charge in [-0.2, -0.15) is 4.68 Å². The van der Waals surface area contributed by atoms with Gasteiger partial charge in [-0.15, -0.1) is 0 Å². The maximum Gasteiger partial charge on any atom is 0.272 e. The van der Waals surface area contributed by atoms with E-state index in [2.05, 4.69) is 49.4 Å². The summed E-state index contributed by atoms with van der Waals surface area (Å²) in [5.41, 5.74) is 0.612. The van der Waals surface area contributed by atoms with Crippen LogP contribution in [0.2, 0.25) is 18.1 Å². The predicted molar refractivity (Wildman–Crippen MR) is 104 cm³/mol. The van der Waals surface area contributed by atoms with Gasteiger partial charge in [-0.05, 0) is 54.0 Å². The molecule has 1 heterocycles. The molecule has 1 atom stereocenters. The third-order valence-electron chi connectivity index (χ3n) is 5.02.